The Labute approximate surface area is 316 Å². The molecule has 0 saturated carbocycles. The highest BCUT2D eigenvalue weighted by atomic mass is 15.0. The zero-order valence-electron chi connectivity index (χ0n) is 29.8. The fourth-order valence-electron chi connectivity index (χ4n) is 8.28. The number of fused-ring (bicyclic) bond motifs is 4. The Bertz CT molecular complexity index is 2870. The molecule has 1 unspecified atom stereocenters. The molecule has 0 saturated heterocycles. The van der Waals surface area contributed by atoms with Crippen molar-refractivity contribution in [1.82, 2.24) is 4.57 Å². The van der Waals surface area contributed by atoms with Gasteiger partial charge in [-0.25, -0.2) is 0 Å². The fourth-order valence-corrected chi connectivity index (χ4v) is 8.28. The topological polar surface area (TPSA) is 4.93 Å². The van der Waals surface area contributed by atoms with Crippen LogP contribution in [0.5, 0.6) is 0 Å². The van der Waals surface area contributed by atoms with Crippen LogP contribution in [0.4, 0.5) is 0 Å². The average molecular weight is 688 g/mol. The van der Waals surface area contributed by atoms with E-state index in [-0.39, 0.29) is 5.92 Å². The van der Waals surface area contributed by atoms with E-state index in [1.165, 1.54) is 82.6 Å². The molecular formula is C53H37N. The quantitative estimate of drug-likeness (QED) is 0.147. The van der Waals surface area contributed by atoms with Crippen molar-refractivity contribution in [3.8, 4) is 39.1 Å². The van der Waals surface area contributed by atoms with Gasteiger partial charge in [0.25, 0.3) is 0 Å². The minimum atomic E-state index is 0.00863. The first-order valence-corrected chi connectivity index (χ1v) is 18.7. The van der Waals surface area contributed by atoms with Gasteiger partial charge >= 0.3 is 0 Å². The molecule has 9 aromatic carbocycles. The largest absolute Gasteiger partial charge is 0.309 e. The van der Waals surface area contributed by atoms with Crippen LogP contribution < -0.4 is 0 Å². The number of aromatic nitrogens is 1. The zero-order chi connectivity index (χ0) is 35.8. The molecule has 10 rings (SSSR count). The Kier molecular flexibility index (Phi) is 7.96. The lowest BCUT2D eigenvalue weighted by atomic mass is 9.82. The van der Waals surface area contributed by atoms with E-state index in [0.29, 0.717) is 0 Å². The predicted molar refractivity (Wildman–Crippen MR) is 228 cm³/mol. The molecule has 0 radical (unpaired) electrons. The number of hydrogen-bond acceptors (Lipinski definition) is 0. The van der Waals surface area contributed by atoms with Crippen LogP contribution >= 0.6 is 0 Å². The zero-order valence-corrected chi connectivity index (χ0v) is 29.8. The maximum absolute atomic E-state index is 2.44. The van der Waals surface area contributed by atoms with Crippen molar-refractivity contribution >= 4 is 32.6 Å². The average Bonchev–Trinajstić information content (AvgIpc) is 3.58. The lowest BCUT2D eigenvalue weighted by molar-refractivity contribution is 0.990. The summed E-state index contributed by atoms with van der Waals surface area (Å²) in [5.41, 5.74) is 14.8. The summed E-state index contributed by atoms with van der Waals surface area (Å²) in [5, 5.41) is 5.05. The van der Waals surface area contributed by atoms with Gasteiger partial charge in [0.1, 0.15) is 0 Å². The van der Waals surface area contributed by atoms with Crippen molar-refractivity contribution in [2.24, 2.45) is 0 Å². The number of nitrogens with zero attached hydrogens (tertiary/aromatic N) is 1. The van der Waals surface area contributed by atoms with Crippen molar-refractivity contribution in [1.29, 1.82) is 0 Å². The summed E-state index contributed by atoms with van der Waals surface area (Å²) >= 11 is 0. The van der Waals surface area contributed by atoms with Crippen LogP contribution in [0.15, 0.2) is 218 Å². The van der Waals surface area contributed by atoms with Gasteiger partial charge in [-0.2, -0.15) is 0 Å². The van der Waals surface area contributed by atoms with Crippen molar-refractivity contribution < 1.29 is 0 Å². The molecule has 1 heteroatoms. The highest BCUT2D eigenvalue weighted by molar-refractivity contribution is 6.15. The molecule has 0 bridgehead atoms. The molecule has 0 amide bonds. The van der Waals surface area contributed by atoms with E-state index in [0.717, 1.165) is 5.69 Å². The van der Waals surface area contributed by atoms with E-state index >= 15 is 0 Å². The highest BCUT2D eigenvalue weighted by Crippen LogP contribution is 2.43. The summed E-state index contributed by atoms with van der Waals surface area (Å²) in [5.74, 6) is 0.00863. The van der Waals surface area contributed by atoms with E-state index < -0.39 is 0 Å². The summed E-state index contributed by atoms with van der Waals surface area (Å²) in [6.07, 6.45) is 0. The van der Waals surface area contributed by atoms with E-state index in [4.69, 9.17) is 0 Å². The third-order valence-electron chi connectivity index (χ3n) is 10.9. The number of para-hydroxylation sites is 1. The molecule has 0 spiro atoms. The van der Waals surface area contributed by atoms with Gasteiger partial charge in [-0.05, 0) is 91.2 Å². The van der Waals surface area contributed by atoms with Crippen molar-refractivity contribution in [2.45, 2.75) is 5.92 Å². The van der Waals surface area contributed by atoms with Crippen LogP contribution in [-0.4, -0.2) is 4.57 Å². The van der Waals surface area contributed by atoms with Crippen LogP contribution in [0.3, 0.4) is 0 Å². The van der Waals surface area contributed by atoms with E-state index in [1.54, 1.807) is 0 Å². The normalized spacial score (nSPS) is 12.0. The molecule has 0 aliphatic rings. The van der Waals surface area contributed by atoms with Crippen LogP contribution in [0.25, 0.3) is 71.6 Å². The van der Waals surface area contributed by atoms with Gasteiger partial charge in [-0.15, -0.1) is 0 Å². The van der Waals surface area contributed by atoms with Gasteiger partial charge in [-0.1, -0.05) is 188 Å². The summed E-state index contributed by atoms with van der Waals surface area (Å²) in [6.45, 7) is 0. The molecule has 254 valence electrons. The Morgan fingerprint density at radius 2 is 0.741 bits per heavy atom. The van der Waals surface area contributed by atoms with Crippen LogP contribution in [0, 0.1) is 0 Å². The number of rotatable bonds is 7. The third-order valence-corrected chi connectivity index (χ3v) is 10.9. The Morgan fingerprint density at radius 3 is 1.26 bits per heavy atom. The first-order valence-electron chi connectivity index (χ1n) is 18.7. The van der Waals surface area contributed by atoms with Gasteiger partial charge in [0, 0.05) is 22.4 Å². The summed E-state index contributed by atoms with van der Waals surface area (Å²) in [4.78, 5) is 0. The Hall–Kier alpha value is -6.96. The Morgan fingerprint density at radius 1 is 0.315 bits per heavy atom. The standard InChI is InChI=1S/C53H37N/c1-4-13-37(14-5-1)39-23-25-41(26-24-39)42-29-33-44(34-30-42)52(43-31-27-40(28-32-43)38-15-6-2-7-16-38)48-21-12-22-50-53(48)49-35-45-17-10-11-18-46(45)36-51(49)54(50)47-19-8-3-9-20-47/h1-36,52H. The second-order valence-corrected chi connectivity index (χ2v) is 14.1. The lowest BCUT2D eigenvalue weighted by Crippen LogP contribution is -2.04. The molecule has 1 heterocycles. The second kappa shape index (κ2) is 13.5. The molecule has 0 aliphatic heterocycles. The van der Waals surface area contributed by atoms with Crippen LogP contribution in [0.1, 0.15) is 22.6 Å². The van der Waals surface area contributed by atoms with Gasteiger partial charge in [0.15, 0.2) is 0 Å². The molecule has 54 heavy (non-hydrogen) atoms. The van der Waals surface area contributed by atoms with E-state index in [2.05, 4.69) is 223 Å². The lowest BCUT2D eigenvalue weighted by Gasteiger charge is -2.21. The monoisotopic (exact) mass is 687 g/mol. The fraction of sp³-hybridized carbons (Fsp3) is 0.0189. The second-order valence-electron chi connectivity index (χ2n) is 14.1. The minimum Gasteiger partial charge on any atom is -0.309 e. The predicted octanol–water partition coefficient (Wildman–Crippen LogP) is 14.1. The van der Waals surface area contributed by atoms with Crippen molar-refractivity contribution in [3.05, 3.63) is 235 Å². The highest BCUT2D eigenvalue weighted by Gasteiger charge is 2.24. The van der Waals surface area contributed by atoms with Crippen molar-refractivity contribution in [2.75, 3.05) is 0 Å². The number of benzene rings is 9. The maximum Gasteiger partial charge on any atom is 0.0547 e. The third kappa shape index (κ3) is 5.68. The summed E-state index contributed by atoms with van der Waals surface area (Å²) in [6, 6.07) is 79.7. The van der Waals surface area contributed by atoms with Gasteiger partial charge in [-0.3, -0.25) is 0 Å². The van der Waals surface area contributed by atoms with Crippen LogP contribution in [0.2, 0.25) is 0 Å². The smallest absolute Gasteiger partial charge is 0.0547 e. The maximum atomic E-state index is 2.44. The Balaban J connectivity index is 1.16. The summed E-state index contributed by atoms with van der Waals surface area (Å²) in [7, 11) is 0. The van der Waals surface area contributed by atoms with Gasteiger partial charge in [0.2, 0.25) is 0 Å². The molecule has 1 atom stereocenters. The SMILES string of the molecule is c1ccc(-c2ccc(-c3ccc(C(c4ccc(-c5ccccc5)cc4)c4cccc5c4c4cc6ccccc6cc4n5-c4ccccc4)cc3)cc2)cc1. The van der Waals surface area contributed by atoms with E-state index in [1.807, 2.05) is 0 Å². The number of hydrogen-bond donors (Lipinski definition) is 0. The molecule has 0 fully saturated rings. The van der Waals surface area contributed by atoms with E-state index in [9.17, 15) is 0 Å². The summed E-state index contributed by atoms with van der Waals surface area (Å²) < 4.78 is 2.44. The molecule has 1 aromatic heterocycles. The van der Waals surface area contributed by atoms with Gasteiger partial charge < -0.3 is 4.57 Å². The first-order chi connectivity index (χ1) is 26.8. The molecule has 1 nitrogen and oxygen atoms in total. The molecule has 0 aliphatic carbocycles. The molecular weight excluding hydrogens is 651 g/mol. The van der Waals surface area contributed by atoms with Gasteiger partial charge in [0.05, 0.1) is 11.0 Å². The molecule has 0 N–H and O–H groups in total. The first kappa shape index (κ1) is 31.7. The minimum absolute atomic E-state index is 0.00863. The van der Waals surface area contributed by atoms with Crippen molar-refractivity contribution in [3.63, 3.8) is 0 Å². The van der Waals surface area contributed by atoms with Crippen LogP contribution in [-0.2, 0) is 0 Å². The molecule has 10 aromatic rings.